The molecule has 0 N–H and O–H groups in total. The van der Waals surface area contributed by atoms with Crippen molar-refractivity contribution in [1.82, 2.24) is 0 Å². The molecule has 0 radical (unpaired) electrons. The molecular formula is C12H21NO3. The molecule has 4 nitrogen and oxygen atoms in total. The van der Waals surface area contributed by atoms with E-state index in [1.165, 1.54) is 0 Å². The average molecular weight is 230 g/mol. The number of carbonyl (C=O) groups is 2. The smallest absolute Gasteiger partial charge is 0.258 e. The van der Waals surface area contributed by atoms with Crippen LogP contribution >= 0.6 is 0 Å². The van der Waals surface area contributed by atoms with E-state index in [9.17, 15) is 14.7 Å². The zero-order valence-corrected chi connectivity index (χ0v) is 10.2. The Morgan fingerprint density at radius 2 is 2.19 bits per heavy atom. The fourth-order valence-corrected chi connectivity index (χ4v) is 2.26. The zero-order chi connectivity index (χ0) is 15.3. The van der Waals surface area contributed by atoms with Crippen molar-refractivity contribution in [2.75, 3.05) is 6.54 Å². The van der Waals surface area contributed by atoms with E-state index in [1.807, 2.05) is 0 Å². The number of quaternary nitrogens is 1. The number of aldehydes is 1. The molecule has 0 saturated carbocycles. The lowest BCUT2D eigenvalue weighted by molar-refractivity contribution is -0.939. The second kappa shape index (κ2) is 4.17. The number of amides is 1. The van der Waals surface area contributed by atoms with Crippen molar-refractivity contribution in [2.24, 2.45) is 5.92 Å². The van der Waals surface area contributed by atoms with Gasteiger partial charge in [-0.15, -0.1) is 0 Å². The molecule has 0 bridgehead atoms. The molecule has 92 valence electrons. The maximum atomic E-state index is 11.7. The number of likely N-dealkylation sites (tertiary alicyclic amines) is 1. The highest BCUT2D eigenvalue weighted by Crippen LogP contribution is 2.36. The molecule has 3 atom stereocenters. The lowest BCUT2D eigenvalue weighted by Crippen LogP contribution is -2.74. The minimum Gasteiger partial charge on any atom is -0.498 e. The van der Waals surface area contributed by atoms with E-state index < -0.39 is 28.5 Å². The SMILES string of the molecule is [2H]C1([2H])C[C@H](C)C[N+](C(=O)[O-])(C(C)(C)C)[C@]1([2H])C=O. The third-order valence-electron chi connectivity index (χ3n) is 3.20. The Labute approximate surface area is 101 Å². The van der Waals surface area contributed by atoms with Crippen LogP contribution in [0.4, 0.5) is 4.79 Å². The summed E-state index contributed by atoms with van der Waals surface area (Å²) in [5, 5.41) is 11.7. The summed E-state index contributed by atoms with van der Waals surface area (Å²) in [6, 6.07) is -2.41. The van der Waals surface area contributed by atoms with E-state index in [4.69, 9.17) is 4.11 Å². The Morgan fingerprint density at radius 3 is 2.56 bits per heavy atom. The molecule has 4 heteroatoms. The molecule has 1 saturated heterocycles. The minimum absolute atomic E-state index is 0.00752. The van der Waals surface area contributed by atoms with Gasteiger partial charge in [-0.2, -0.15) is 0 Å². The van der Waals surface area contributed by atoms with E-state index in [0.29, 0.717) is 0 Å². The molecule has 1 heterocycles. The lowest BCUT2D eigenvalue weighted by atomic mass is 9.86. The summed E-state index contributed by atoms with van der Waals surface area (Å²) in [7, 11) is 0. The molecule has 1 unspecified atom stereocenters. The van der Waals surface area contributed by atoms with Crippen LogP contribution in [0.3, 0.4) is 0 Å². The Kier molecular flexibility index (Phi) is 2.39. The third-order valence-corrected chi connectivity index (χ3v) is 3.20. The van der Waals surface area contributed by atoms with Crippen molar-refractivity contribution in [2.45, 2.75) is 52.0 Å². The van der Waals surface area contributed by atoms with Crippen LogP contribution in [0.25, 0.3) is 0 Å². The van der Waals surface area contributed by atoms with E-state index in [1.54, 1.807) is 27.7 Å². The number of rotatable bonds is 1. The number of hydrogen-bond donors (Lipinski definition) is 0. The largest absolute Gasteiger partial charge is 0.498 e. The summed E-state index contributed by atoms with van der Waals surface area (Å²) in [5.74, 6) is -0.259. The van der Waals surface area contributed by atoms with Crippen LogP contribution in [-0.4, -0.2) is 35.0 Å². The number of hydrogen-bond acceptors (Lipinski definition) is 3. The number of piperidine rings is 1. The van der Waals surface area contributed by atoms with Gasteiger partial charge in [0.05, 0.1) is 12.1 Å². The Bertz CT molecular complexity index is 408. The zero-order valence-electron chi connectivity index (χ0n) is 13.2. The number of nitrogens with zero attached hydrogens (tertiary/aromatic N) is 1. The predicted molar refractivity (Wildman–Crippen MR) is 58.5 cm³/mol. The molecule has 0 aliphatic carbocycles. The first-order valence-electron chi connectivity index (χ1n) is 6.92. The van der Waals surface area contributed by atoms with Crippen LogP contribution in [0.1, 0.15) is 44.6 Å². The molecule has 0 aromatic carbocycles. The van der Waals surface area contributed by atoms with Gasteiger partial charge in [-0.25, -0.2) is 0 Å². The highest BCUT2D eigenvalue weighted by Gasteiger charge is 2.51. The van der Waals surface area contributed by atoms with Gasteiger partial charge in [0.25, 0.3) is 6.09 Å². The van der Waals surface area contributed by atoms with Crippen molar-refractivity contribution in [1.29, 1.82) is 0 Å². The van der Waals surface area contributed by atoms with E-state index in [-0.39, 0.29) is 25.2 Å². The monoisotopic (exact) mass is 230 g/mol. The molecule has 1 aliphatic heterocycles. The molecule has 0 aromatic heterocycles. The van der Waals surface area contributed by atoms with Crippen LogP contribution in [0, 0.1) is 5.92 Å². The summed E-state index contributed by atoms with van der Waals surface area (Å²) >= 11 is 0. The van der Waals surface area contributed by atoms with E-state index >= 15 is 0 Å². The second-order valence-corrected chi connectivity index (χ2v) is 5.42. The van der Waals surface area contributed by atoms with Crippen LogP contribution in [0.2, 0.25) is 0 Å². The molecule has 1 aliphatic rings. The first kappa shape index (κ1) is 9.16. The minimum atomic E-state index is -2.41. The van der Waals surface area contributed by atoms with E-state index in [0.717, 1.165) is 0 Å². The summed E-state index contributed by atoms with van der Waals surface area (Å²) in [5.41, 5.74) is -1.02. The summed E-state index contributed by atoms with van der Waals surface area (Å²) in [6.45, 7) is 6.49. The van der Waals surface area contributed by atoms with Gasteiger partial charge < -0.3 is 9.90 Å². The molecule has 1 amide bonds. The Balaban J connectivity index is 3.66. The summed E-state index contributed by atoms with van der Waals surface area (Å²) in [4.78, 5) is 23.2. The molecule has 1 fully saturated rings. The maximum absolute atomic E-state index is 11.7. The van der Waals surface area contributed by atoms with Gasteiger partial charge in [0.15, 0.2) is 12.3 Å². The van der Waals surface area contributed by atoms with Crippen molar-refractivity contribution in [3.8, 4) is 0 Å². The topological polar surface area (TPSA) is 57.2 Å². The van der Waals surface area contributed by atoms with Gasteiger partial charge in [0, 0.05) is 15.0 Å². The van der Waals surface area contributed by atoms with Crippen molar-refractivity contribution in [3.63, 3.8) is 0 Å². The highest BCUT2D eigenvalue weighted by atomic mass is 16.4. The first-order valence-corrected chi connectivity index (χ1v) is 5.42. The second-order valence-electron chi connectivity index (χ2n) is 5.42. The van der Waals surface area contributed by atoms with Gasteiger partial charge in [0.1, 0.15) is 1.37 Å². The third kappa shape index (κ3) is 1.86. The molecule has 0 spiro atoms. The van der Waals surface area contributed by atoms with Gasteiger partial charge in [0.2, 0.25) is 0 Å². The van der Waals surface area contributed by atoms with Gasteiger partial charge >= 0.3 is 0 Å². The quantitative estimate of drug-likeness (QED) is 0.497. The van der Waals surface area contributed by atoms with Crippen LogP contribution in [0.5, 0.6) is 0 Å². The molecular weight excluding hydrogens is 206 g/mol. The van der Waals surface area contributed by atoms with Crippen molar-refractivity contribution in [3.05, 3.63) is 0 Å². The molecule has 1 rings (SSSR count). The normalized spacial score (nSPS) is 46.2. The summed E-state index contributed by atoms with van der Waals surface area (Å²) in [6.07, 6.45) is -3.69. The Morgan fingerprint density at radius 1 is 1.62 bits per heavy atom. The standard InChI is InChI=1S/C12H21NO3/c1-9-5-6-10(8-14)13(7-9,11(15)16)12(2,3)4/h8-10H,5-7H2,1-4H3/t9-,10-,13?/m0/s1/i6D2,10D. The van der Waals surface area contributed by atoms with E-state index in [2.05, 4.69) is 0 Å². The predicted octanol–water partition coefficient (Wildman–Crippen LogP) is 0.942. The van der Waals surface area contributed by atoms with Crippen LogP contribution in [0.15, 0.2) is 0 Å². The van der Waals surface area contributed by atoms with Gasteiger partial charge in [-0.3, -0.25) is 9.28 Å². The van der Waals surface area contributed by atoms with Crippen LogP contribution in [-0.2, 0) is 4.79 Å². The number of carbonyl (C=O) groups excluding carboxylic acids is 2. The van der Waals surface area contributed by atoms with Gasteiger partial charge in [-0.1, -0.05) is 6.92 Å². The summed E-state index contributed by atoms with van der Waals surface area (Å²) < 4.78 is 23.2. The van der Waals surface area contributed by atoms with Gasteiger partial charge in [-0.05, 0) is 27.2 Å². The van der Waals surface area contributed by atoms with Crippen molar-refractivity contribution < 1.29 is 23.3 Å². The first-order chi connectivity index (χ1) is 8.35. The van der Waals surface area contributed by atoms with Crippen LogP contribution < -0.4 is 5.11 Å². The highest BCUT2D eigenvalue weighted by molar-refractivity contribution is 5.63. The Hall–Kier alpha value is -0.900. The average Bonchev–Trinajstić information content (AvgIpc) is 2.20. The molecule has 16 heavy (non-hydrogen) atoms. The van der Waals surface area contributed by atoms with Crippen molar-refractivity contribution >= 4 is 12.4 Å². The fraction of sp³-hybridized carbons (Fsp3) is 0.833. The number of carboxylic acid groups (broad SMARTS) is 1. The maximum Gasteiger partial charge on any atom is 0.258 e. The fourth-order valence-electron chi connectivity index (χ4n) is 2.26. The lowest BCUT2D eigenvalue weighted by Gasteiger charge is -2.54. The molecule has 0 aromatic rings.